The van der Waals surface area contributed by atoms with E-state index in [0.29, 0.717) is 11.8 Å². The molecule has 0 saturated carbocycles. The molecule has 25 heavy (non-hydrogen) atoms. The van der Waals surface area contributed by atoms with Gasteiger partial charge in [-0.1, -0.05) is 19.1 Å². The van der Waals surface area contributed by atoms with Crippen molar-refractivity contribution in [1.82, 2.24) is 34.7 Å². The summed E-state index contributed by atoms with van der Waals surface area (Å²) in [5.74, 6) is 1.25. The molecule has 2 aromatic heterocycles. The molecule has 0 spiro atoms. The lowest BCUT2D eigenvalue weighted by Gasteiger charge is -2.33. The fourth-order valence-electron chi connectivity index (χ4n) is 3.33. The van der Waals surface area contributed by atoms with Crippen LogP contribution in [0.4, 0.5) is 0 Å². The lowest BCUT2D eigenvalue weighted by Crippen LogP contribution is -2.42. The standard InChI is InChI=1S/C17H27N7O/c1-13(2)8-16-10-23(21-20-16)9-15-4-6-22(7-5-15)17(25)14(3)24-12-18-11-19-24/h10-15H,4-9H2,1-3H3. The monoisotopic (exact) mass is 345 g/mol. The minimum atomic E-state index is -0.298. The minimum Gasteiger partial charge on any atom is -0.341 e. The van der Waals surface area contributed by atoms with Gasteiger partial charge in [0.05, 0.1) is 5.69 Å². The predicted octanol–water partition coefficient (Wildman–Crippen LogP) is 1.57. The summed E-state index contributed by atoms with van der Waals surface area (Å²) in [5, 5.41) is 12.6. The van der Waals surface area contributed by atoms with E-state index in [9.17, 15) is 4.79 Å². The number of nitrogens with zero attached hydrogens (tertiary/aromatic N) is 7. The molecular weight excluding hydrogens is 318 g/mol. The third kappa shape index (κ3) is 4.43. The highest BCUT2D eigenvalue weighted by Crippen LogP contribution is 2.21. The molecule has 0 aliphatic carbocycles. The van der Waals surface area contributed by atoms with Gasteiger partial charge in [-0.15, -0.1) is 5.10 Å². The van der Waals surface area contributed by atoms with Crippen molar-refractivity contribution in [2.45, 2.75) is 52.6 Å². The lowest BCUT2D eigenvalue weighted by molar-refractivity contribution is -0.136. The number of carbonyl (C=O) groups excluding carboxylic acids is 1. The molecule has 0 aromatic carbocycles. The molecule has 8 nitrogen and oxygen atoms in total. The van der Waals surface area contributed by atoms with Gasteiger partial charge in [-0.3, -0.25) is 9.48 Å². The van der Waals surface area contributed by atoms with Crippen LogP contribution < -0.4 is 0 Å². The molecule has 1 amide bonds. The van der Waals surface area contributed by atoms with E-state index in [1.807, 2.05) is 16.5 Å². The van der Waals surface area contributed by atoms with E-state index in [4.69, 9.17) is 0 Å². The number of aromatic nitrogens is 6. The first-order valence-corrected chi connectivity index (χ1v) is 9.05. The van der Waals surface area contributed by atoms with Crippen molar-refractivity contribution in [2.24, 2.45) is 11.8 Å². The maximum absolute atomic E-state index is 12.6. The van der Waals surface area contributed by atoms with Crippen molar-refractivity contribution < 1.29 is 4.79 Å². The average molecular weight is 345 g/mol. The topological polar surface area (TPSA) is 81.7 Å². The molecular formula is C17H27N7O. The van der Waals surface area contributed by atoms with E-state index in [0.717, 1.165) is 44.6 Å². The van der Waals surface area contributed by atoms with Gasteiger partial charge in [0.15, 0.2) is 0 Å². The number of hydrogen-bond donors (Lipinski definition) is 0. The van der Waals surface area contributed by atoms with Gasteiger partial charge in [-0.25, -0.2) is 9.67 Å². The Bertz CT molecular complexity index is 671. The summed E-state index contributed by atoms with van der Waals surface area (Å²) in [6.45, 7) is 8.70. The fourth-order valence-corrected chi connectivity index (χ4v) is 3.33. The zero-order chi connectivity index (χ0) is 17.8. The Morgan fingerprint density at radius 1 is 1.28 bits per heavy atom. The summed E-state index contributed by atoms with van der Waals surface area (Å²) in [6, 6.07) is -0.298. The molecule has 1 aliphatic heterocycles. The van der Waals surface area contributed by atoms with Crippen molar-refractivity contribution >= 4 is 5.91 Å². The fraction of sp³-hybridized carbons (Fsp3) is 0.706. The molecule has 1 saturated heterocycles. The van der Waals surface area contributed by atoms with E-state index in [-0.39, 0.29) is 11.9 Å². The van der Waals surface area contributed by atoms with Gasteiger partial charge in [-0.05, 0) is 38.0 Å². The number of amides is 1. The first kappa shape index (κ1) is 17.6. The first-order valence-electron chi connectivity index (χ1n) is 9.05. The maximum Gasteiger partial charge on any atom is 0.247 e. The summed E-state index contributed by atoms with van der Waals surface area (Å²) < 4.78 is 3.57. The number of likely N-dealkylation sites (tertiary alicyclic amines) is 1. The second-order valence-electron chi connectivity index (χ2n) is 7.35. The van der Waals surface area contributed by atoms with E-state index >= 15 is 0 Å². The molecule has 1 fully saturated rings. The maximum atomic E-state index is 12.6. The van der Waals surface area contributed by atoms with Crippen LogP contribution in [-0.2, 0) is 17.8 Å². The number of carbonyl (C=O) groups is 1. The summed E-state index contributed by atoms with van der Waals surface area (Å²) in [7, 11) is 0. The second-order valence-corrected chi connectivity index (χ2v) is 7.35. The number of rotatable bonds is 6. The summed E-state index contributed by atoms with van der Waals surface area (Å²) in [5.41, 5.74) is 1.06. The van der Waals surface area contributed by atoms with Crippen LogP contribution >= 0.6 is 0 Å². The van der Waals surface area contributed by atoms with Crippen LogP contribution in [0.25, 0.3) is 0 Å². The Labute approximate surface area is 148 Å². The Morgan fingerprint density at radius 2 is 2.04 bits per heavy atom. The van der Waals surface area contributed by atoms with Crippen LogP contribution in [0.15, 0.2) is 18.9 Å². The third-order valence-corrected chi connectivity index (χ3v) is 4.77. The van der Waals surface area contributed by atoms with Crippen LogP contribution in [0.3, 0.4) is 0 Å². The third-order valence-electron chi connectivity index (χ3n) is 4.77. The van der Waals surface area contributed by atoms with Gasteiger partial charge >= 0.3 is 0 Å². The predicted molar refractivity (Wildman–Crippen MR) is 92.6 cm³/mol. The quantitative estimate of drug-likeness (QED) is 0.794. The Hall–Kier alpha value is -2.25. The molecule has 8 heteroatoms. The Kier molecular flexibility index (Phi) is 5.45. The molecule has 0 radical (unpaired) electrons. The van der Waals surface area contributed by atoms with Gasteiger partial charge in [0.25, 0.3) is 0 Å². The molecule has 0 bridgehead atoms. The zero-order valence-electron chi connectivity index (χ0n) is 15.2. The highest BCUT2D eigenvalue weighted by atomic mass is 16.2. The van der Waals surface area contributed by atoms with Crippen molar-refractivity contribution in [3.8, 4) is 0 Å². The minimum absolute atomic E-state index is 0.115. The normalized spacial score (nSPS) is 17.2. The summed E-state index contributed by atoms with van der Waals surface area (Å²) >= 11 is 0. The van der Waals surface area contributed by atoms with Crippen molar-refractivity contribution in [3.05, 3.63) is 24.5 Å². The van der Waals surface area contributed by atoms with Crippen LogP contribution in [-0.4, -0.2) is 53.7 Å². The zero-order valence-corrected chi connectivity index (χ0v) is 15.2. The first-order chi connectivity index (χ1) is 12.0. The number of piperidine rings is 1. The van der Waals surface area contributed by atoms with Crippen LogP contribution in [0.5, 0.6) is 0 Å². The molecule has 136 valence electrons. The highest BCUT2D eigenvalue weighted by molar-refractivity contribution is 5.80. The average Bonchev–Trinajstić information content (AvgIpc) is 3.26. The molecule has 3 heterocycles. The number of hydrogen-bond acceptors (Lipinski definition) is 5. The van der Waals surface area contributed by atoms with Gasteiger partial charge in [0.2, 0.25) is 5.91 Å². The van der Waals surface area contributed by atoms with E-state index in [1.54, 1.807) is 11.0 Å². The second kappa shape index (κ2) is 7.76. The van der Waals surface area contributed by atoms with E-state index in [1.165, 1.54) is 6.33 Å². The van der Waals surface area contributed by atoms with Crippen LogP contribution in [0.2, 0.25) is 0 Å². The molecule has 1 aliphatic rings. The van der Waals surface area contributed by atoms with Gasteiger partial charge in [0, 0.05) is 25.8 Å². The largest absolute Gasteiger partial charge is 0.341 e. The smallest absolute Gasteiger partial charge is 0.247 e. The Balaban J connectivity index is 1.48. The van der Waals surface area contributed by atoms with E-state index < -0.39 is 0 Å². The lowest BCUT2D eigenvalue weighted by atomic mass is 9.96. The van der Waals surface area contributed by atoms with Crippen LogP contribution in [0.1, 0.15) is 45.3 Å². The summed E-state index contributed by atoms with van der Waals surface area (Å²) in [4.78, 5) is 18.4. The summed E-state index contributed by atoms with van der Waals surface area (Å²) in [6.07, 6.45) is 8.07. The molecule has 1 atom stereocenters. The van der Waals surface area contributed by atoms with Gasteiger partial charge < -0.3 is 4.90 Å². The molecule has 2 aromatic rings. The SMILES string of the molecule is CC(C)Cc1cn(CC2CCN(C(=O)C(C)n3cncn3)CC2)nn1. The van der Waals surface area contributed by atoms with Crippen LogP contribution in [0, 0.1) is 11.8 Å². The van der Waals surface area contributed by atoms with Gasteiger partial charge in [-0.2, -0.15) is 5.10 Å². The molecule has 0 N–H and O–H groups in total. The van der Waals surface area contributed by atoms with Gasteiger partial charge in [0.1, 0.15) is 18.7 Å². The van der Waals surface area contributed by atoms with Crippen molar-refractivity contribution in [1.29, 1.82) is 0 Å². The highest BCUT2D eigenvalue weighted by Gasteiger charge is 2.27. The molecule has 3 rings (SSSR count). The Morgan fingerprint density at radius 3 is 2.68 bits per heavy atom. The van der Waals surface area contributed by atoms with Crippen molar-refractivity contribution in [2.75, 3.05) is 13.1 Å². The molecule has 1 unspecified atom stereocenters. The van der Waals surface area contributed by atoms with E-state index in [2.05, 4.69) is 40.4 Å². The van der Waals surface area contributed by atoms with Crippen molar-refractivity contribution in [3.63, 3.8) is 0 Å².